The number of hydrogen-bond acceptors (Lipinski definition) is 7. The number of rotatable bonds is 9. The van der Waals surface area contributed by atoms with Crippen molar-refractivity contribution < 1.29 is 23.9 Å². The fraction of sp³-hybridized carbons (Fsp3) is 0.429. The highest BCUT2D eigenvalue weighted by atomic mass is 32.1. The number of anilines is 1. The second kappa shape index (κ2) is 10.7. The fourth-order valence-electron chi connectivity index (χ4n) is 3.27. The molecule has 2 amide bonds. The molecule has 1 aliphatic carbocycles. The SMILES string of the molecule is COc1ccc([C@@H](OC(=O)CCC(=O)Nc2nccs2)C(=O)NC2CCCC2)cc1. The number of thiazole rings is 1. The first-order chi connectivity index (χ1) is 14.5. The Morgan fingerprint density at radius 2 is 1.90 bits per heavy atom. The predicted molar refractivity (Wildman–Crippen MR) is 112 cm³/mol. The van der Waals surface area contributed by atoms with Gasteiger partial charge >= 0.3 is 5.97 Å². The van der Waals surface area contributed by atoms with E-state index >= 15 is 0 Å². The molecule has 0 spiro atoms. The summed E-state index contributed by atoms with van der Waals surface area (Å²) in [5, 5.41) is 7.80. The number of hydrogen-bond donors (Lipinski definition) is 2. The average molecular weight is 432 g/mol. The number of esters is 1. The number of nitrogens with one attached hydrogen (secondary N) is 2. The highest BCUT2D eigenvalue weighted by molar-refractivity contribution is 7.13. The van der Waals surface area contributed by atoms with E-state index in [0.717, 1.165) is 25.7 Å². The third-order valence-electron chi connectivity index (χ3n) is 4.84. The molecule has 1 saturated carbocycles. The minimum Gasteiger partial charge on any atom is -0.497 e. The van der Waals surface area contributed by atoms with Gasteiger partial charge in [0.15, 0.2) is 5.13 Å². The van der Waals surface area contributed by atoms with Crippen LogP contribution in [0.3, 0.4) is 0 Å². The van der Waals surface area contributed by atoms with Crippen LogP contribution in [0.5, 0.6) is 5.75 Å². The van der Waals surface area contributed by atoms with E-state index in [0.29, 0.717) is 16.4 Å². The molecule has 1 atom stereocenters. The minimum absolute atomic E-state index is 0.0575. The molecule has 2 aromatic rings. The summed E-state index contributed by atoms with van der Waals surface area (Å²) in [6.07, 6.45) is 4.30. The van der Waals surface area contributed by atoms with Crippen molar-refractivity contribution in [1.29, 1.82) is 0 Å². The van der Waals surface area contributed by atoms with Crippen molar-refractivity contribution in [1.82, 2.24) is 10.3 Å². The molecular weight excluding hydrogens is 406 g/mol. The Labute approximate surface area is 179 Å². The first-order valence-electron chi connectivity index (χ1n) is 9.88. The number of carbonyl (C=O) groups excluding carboxylic acids is 3. The maximum absolute atomic E-state index is 12.8. The van der Waals surface area contributed by atoms with Crippen LogP contribution in [0.1, 0.15) is 50.2 Å². The molecule has 1 aromatic heterocycles. The van der Waals surface area contributed by atoms with E-state index in [2.05, 4.69) is 15.6 Å². The number of ether oxygens (including phenoxy) is 2. The molecule has 30 heavy (non-hydrogen) atoms. The predicted octanol–water partition coefficient (Wildman–Crippen LogP) is 3.21. The van der Waals surface area contributed by atoms with E-state index in [1.807, 2.05) is 0 Å². The maximum Gasteiger partial charge on any atom is 0.307 e. The first-order valence-corrected chi connectivity index (χ1v) is 10.8. The lowest BCUT2D eigenvalue weighted by Gasteiger charge is -2.21. The molecule has 0 radical (unpaired) electrons. The van der Waals surface area contributed by atoms with Gasteiger partial charge in [0.25, 0.3) is 5.91 Å². The van der Waals surface area contributed by atoms with Gasteiger partial charge in [0.1, 0.15) is 5.75 Å². The second-order valence-electron chi connectivity index (χ2n) is 7.02. The number of benzene rings is 1. The van der Waals surface area contributed by atoms with Crippen molar-refractivity contribution in [2.45, 2.75) is 50.7 Å². The molecule has 0 aliphatic heterocycles. The monoisotopic (exact) mass is 431 g/mol. The number of carbonyl (C=O) groups is 3. The summed E-state index contributed by atoms with van der Waals surface area (Å²) in [4.78, 5) is 41.1. The summed E-state index contributed by atoms with van der Waals surface area (Å²) in [6.45, 7) is 0. The smallest absolute Gasteiger partial charge is 0.307 e. The van der Waals surface area contributed by atoms with Gasteiger partial charge in [0.2, 0.25) is 12.0 Å². The van der Waals surface area contributed by atoms with Crippen molar-refractivity contribution in [3.63, 3.8) is 0 Å². The number of aromatic nitrogens is 1. The molecule has 3 rings (SSSR count). The molecule has 160 valence electrons. The third-order valence-corrected chi connectivity index (χ3v) is 5.53. The zero-order valence-electron chi connectivity index (χ0n) is 16.8. The van der Waals surface area contributed by atoms with Crippen LogP contribution in [0.25, 0.3) is 0 Å². The molecule has 1 fully saturated rings. The summed E-state index contributed by atoms with van der Waals surface area (Å²) in [5.74, 6) is -0.670. The Bertz CT molecular complexity index is 848. The highest BCUT2D eigenvalue weighted by Crippen LogP contribution is 2.24. The molecule has 1 aliphatic rings. The fourth-order valence-corrected chi connectivity index (χ4v) is 3.82. The van der Waals surface area contributed by atoms with Crippen LogP contribution in [-0.4, -0.2) is 35.9 Å². The molecule has 9 heteroatoms. The van der Waals surface area contributed by atoms with E-state index in [1.54, 1.807) is 43.0 Å². The maximum atomic E-state index is 12.8. The van der Waals surface area contributed by atoms with E-state index in [4.69, 9.17) is 9.47 Å². The van der Waals surface area contributed by atoms with Gasteiger partial charge in [-0.15, -0.1) is 11.3 Å². The van der Waals surface area contributed by atoms with Crippen LogP contribution in [0.2, 0.25) is 0 Å². The summed E-state index contributed by atoms with van der Waals surface area (Å²) < 4.78 is 10.6. The zero-order chi connectivity index (χ0) is 21.3. The second-order valence-corrected chi connectivity index (χ2v) is 7.91. The van der Waals surface area contributed by atoms with Gasteiger partial charge in [-0.2, -0.15) is 0 Å². The van der Waals surface area contributed by atoms with Gasteiger partial charge in [0.05, 0.1) is 13.5 Å². The lowest BCUT2D eigenvalue weighted by atomic mass is 10.1. The molecule has 0 unspecified atom stereocenters. The number of nitrogens with zero attached hydrogens (tertiary/aromatic N) is 1. The third kappa shape index (κ3) is 6.28. The van der Waals surface area contributed by atoms with E-state index in [1.165, 1.54) is 11.3 Å². The quantitative estimate of drug-likeness (QED) is 0.591. The van der Waals surface area contributed by atoms with Crippen molar-refractivity contribution in [2.24, 2.45) is 0 Å². The molecule has 8 nitrogen and oxygen atoms in total. The minimum atomic E-state index is -1.08. The molecule has 0 saturated heterocycles. The molecule has 2 N–H and O–H groups in total. The van der Waals surface area contributed by atoms with Crippen molar-refractivity contribution in [3.8, 4) is 5.75 Å². The Hall–Kier alpha value is -2.94. The molecule has 1 heterocycles. The van der Waals surface area contributed by atoms with Gasteiger partial charge < -0.3 is 20.1 Å². The Morgan fingerprint density at radius 1 is 1.17 bits per heavy atom. The molecular formula is C21H25N3O5S. The summed E-state index contributed by atoms with van der Waals surface area (Å²) >= 11 is 1.29. The first kappa shape index (κ1) is 21.8. The standard InChI is InChI=1S/C21H25N3O5S/c1-28-16-8-6-14(7-9-16)19(20(27)23-15-4-2-3-5-15)29-18(26)11-10-17(25)24-21-22-12-13-30-21/h6-9,12-13,15,19H,2-5,10-11H2,1H3,(H,23,27)(H,22,24,25)/t19-/m1/s1. The summed E-state index contributed by atoms with van der Waals surface area (Å²) in [5.41, 5.74) is 0.548. The zero-order valence-corrected chi connectivity index (χ0v) is 17.6. The van der Waals surface area contributed by atoms with Crippen molar-refractivity contribution in [3.05, 3.63) is 41.4 Å². The van der Waals surface area contributed by atoms with Gasteiger partial charge in [-0.1, -0.05) is 25.0 Å². The normalized spacial score (nSPS) is 14.7. The van der Waals surface area contributed by atoms with Crippen molar-refractivity contribution >= 4 is 34.3 Å². The van der Waals surface area contributed by atoms with Gasteiger partial charge in [-0.05, 0) is 25.0 Å². The molecule has 1 aromatic carbocycles. The van der Waals surface area contributed by atoms with Crippen LogP contribution < -0.4 is 15.4 Å². The number of methoxy groups -OCH3 is 1. The van der Waals surface area contributed by atoms with Crippen LogP contribution >= 0.6 is 11.3 Å². The van der Waals surface area contributed by atoms with Gasteiger partial charge in [-0.3, -0.25) is 14.4 Å². The van der Waals surface area contributed by atoms with Crippen LogP contribution in [-0.2, 0) is 19.1 Å². The largest absolute Gasteiger partial charge is 0.497 e. The van der Waals surface area contributed by atoms with Crippen LogP contribution in [0, 0.1) is 0 Å². The van der Waals surface area contributed by atoms with Crippen LogP contribution in [0.15, 0.2) is 35.8 Å². The van der Waals surface area contributed by atoms with Gasteiger partial charge in [0, 0.05) is 29.6 Å². The Kier molecular flexibility index (Phi) is 7.78. The van der Waals surface area contributed by atoms with E-state index in [-0.39, 0.29) is 30.7 Å². The van der Waals surface area contributed by atoms with E-state index < -0.39 is 12.1 Å². The Morgan fingerprint density at radius 3 is 2.53 bits per heavy atom. The van der Waals surface area contributed by atoms with Gasteiger partial charge in [-0.25, -0.2) is 4.98 Å². The average Bonchev–Trinajstić information content (AvgIpc) is 3.45. The number of amides is 2. The lowest BCUT2D eigenvalue weighted by Crippen LogP contribution is -2.38. The summed E-state index contributed by atoms with van der Waals surface area (Å²) in [7, 11) is 1.55. The molecule has 0 bridgehead atoms. The lowest BCUT2D eigenvalue weighted by molar-refractivity contribution is -0.157. The van der Waals surface area contributed by atoms with E-state index in [9.17, 15) is 14.4 Å². The summed E-state index contributed by atoms with van der Waals surface area (Å²) in [6, 6.07) is 6.91. The topological polar surface area (TPSA) is 107 Å². The van der Waals surface area contributed by atoms with Crippen molar-refractivity contribution in [2.75, 3.05) is 12.4 Å². The van der Waals surface area contributed by atoms with Crippen LogP contribution in [0.4, 0.5) is 5.13 Å². The highest BCUT2D eigenvalue weighted by Gasteiger charge is 2.28. The Balaban J connectivity index is 1.60.